The van der Waals surface area contributed by atoms with E-state index < -0.39 is 0 Å². The Labute approximate surface area is 198 Å². The Bertz CT molecular complexity index is 969. The zero-order chi connectivity index (χ0) is 22.1. The van der Waals surface area contributed by atoms with Crippen LogP contribution in [0.1, 0.15) is 66.1 Å². The van der Waals surface area contributed by atoms with Crippen molar-refractivity contribution in [2.24, 2.45) is 0 Å². The van der Waals surface area contributed by atoms with Crippen LogP contribution in [-0.4, -0.2) is 36.3 Å². The SMILES string of the molecule is COc1cccc2c1[C@@H](C)[C@H](c1ccc(Cl)cc1Cl)N(C1CCCC[C@@H]1NSC)C2=O. The molecule has 0 spiro atoms. The molecule has 0 saturated heterocycles. The van der Waals surface area contributed by atoms with Gasteiger partial charge in [0, 0.05) is 39.2 Å². The van der Waals surface area contributed by atoms with Crippen LogP contribution in [0.15, 0.2) is 36.4 Å². The lowest BCUT2D eigenvalue weighted by molar-refractivity contribution is 0.0373. The van der Waals surface area contributed by atoms with Gasteiger partial charge in [-0.2, -0.15) is 0 Å². The van der Waals surface area contributed by atoms with Crippen molar-refractivity contribution in [1.29, 1.82) is 0 Å². The first-order valence-electron chi connectivity index (χ1n) is 10.7. The van der Waals surface area contributed by atoms with Crippen LogP contribution in [0.3, 0.4) is 0 Å². The number of amides is 1. The van der Waals surface area contributed by atoms with Crippen LogP contribution in [0.2, 0.25) is 10.0 Å². The van der Waals surface area contributed by atoms with Crippen molar-refractivity contribution in [3.8, 4) is 5.75 Å². The van der Waals surface area contributed by atoms with E-state index in [0.717, 1.165) is 41.7 Å². The highest BCUT2D eigenvalue weighted by Gasteiger charge is 2.46. The fourth-order valence-electron chi connectivity index (χ4n) is 5.29. The number of fused-ring (bicyclic) bond motifs is 1. The van der Waals surface area contributed by atoms with E-state index >= 15 is 0 Å². The number of benzene rings is 2. The first-order chi connectivity index (χ1) is 15.0. The maximum atomic E-state index is 14.0. The lowest BCUT2D eigenvalue weighted by Gasteiger charge is -2.49. The summed E-state index contributed by atoms with van der Waals surface area (Å²) >= 11 is 14.5. The molecule has 4 nitrogen and oxygen atoms in total. The molecule has 4 atom stereocenters. The Hall–Kier alpha value is -1.40. The van der Waals surface area contributed by atoms with Crippen molar-refractivity contribution in [3.05, 3.63) is 63.1 Å². The van der Waals surface area contributed by atoms with Crippen LogP contribution in [-0.2, 0) is 0 Å². The minimum absolute atomic E-state index is 0.0133. The number of rotatable bonds is 5. The third kappa shape index (κ3) is 4.18. The minimum Gasteiger partial charge on any atom is -0.496 e. The number of hydrogen-bond acceptors (Lipinski definition) is 4. The minimum atomic E-state index is -0.199. The quantitative estimate of drug-likeness (QED) is 0.499. The second-order valence-corrected chi connectivity index (χ2v) is 9.80. The van der Waals surface area contributed by atoms with Gasteiger partial charge < -0.3 is 9.64 Å². The number of carbonyl (C=O) groups excluding carboxylic acids is 1. The van der Waals surface area contributed by atoms with Crippen LogP contribution in [0, 0.1) is 0 Å². The van der Waals surface area contributed by atoms with Gasteiger partial charge >= 0.3 is 0 Å². The van der Waals surface area contributed by atoms with E-state index in [1.807, 2.05) is 36.6 Å². The van der Waals surface area contributed by atoms with Crippen LogP contribution in [0.4, 0.5) is 0 Å². The maximum absolute atomic E-state index is 14.0. The van der Waals surface area contributed by atoms with Crippen LogP contribution >= 0.6 is 35.1 Å². The molecule has 0 aromatic heterocycles. The van der Waals surface area contributed by atoms with E-state index in [1.54, 1.807) is 25.1 Å². The Morgan fingerprint density at radius 3 is 2.65 bits per heavy atom. The molecule has 1 unspecified atom stereocenters. The Balaban J connectivity index is 1.89. The molecule has 1 amide bonds. The van der Waals surface area contributed by atoms with Crippen LogP contribution in [0.5, 0.6) is 5.75 Å². The molecule has 1 saturated carbocycles. The average molecular weight is 479 g/mol. The summed E-state index contributed by atoms with van der Waals surface area (Å²) in [5.41, 5.74) is 2.60. The summed E-state index contributed by atoms with van der Waals surface area (Å²) < 4.78 is 9.22. The zero-order valence-electron chi connectivity index (χ0n) is 18.0. The molecule has 2 aromatic rings. The molecule has 2 aromatic carbocycles. The first kappa shape index (κ1) is 22.8. The van der Waals surface area contributed by atoms with Gasteiger partial charge in [-0.1, -0.05) is 67.0 Å². The molecule has 1 fully saturated rings. The summed E-state index contributed by atoms with van der Waals surface area (Å²) in [5.74, 6) is 0.803. The third-order valence-corrected chi connectivity index (χ3v) is 7.72. The topological polar surface area (TPSA) is 41.6 Å². The van der Waals surface area contributed by atoms with Crippen molar-refractivity contribution in [1.82, 2.24) is 9.62 Å². The monoisotopic (exact) mass is 478 g/mol. The standard InChI is InChI=1S/C24H28Cl2N2O2S/c1-14-22-17(7-6-10-21(22)30-2)24(29)28(20-9-5-4-8-19(20)27-31-3)23(14)16-12-11-15(25)13-18(16)26/h6-7,10-14,19-20,23,27H,4-5,8-9H2,1-3H3/t14-,19+,20?,23-/m1/s1. The number of nitrogens with one attached hydrogen (secondary N) is 1. The van der Waals surface area contributed by atoms with Gasteiger partial charge in [0.15, 0.2) is 0 Å². The number of ether oxygens (including phenoxy) is 1. The van der Waals surface area contributed by atoms with E-state index in [-0.39, 0.29) is 30.0 Å². The highest BCUT2D eigenvalue weighted by atomic mass is 35.5. The molecule has 1 heterocycles. The van der Waals surface area contributed by atoms with Gasteiger partial charge in [0.1, 0.15) is 5.75 Å². The Morgan fingerprint density at radius 2 is 1.94 bits per heavy atom. The number of hydrogen-bond donors (Lipinski definition) is 1. The predicted molar refractivity (Wildman–Crippen MR) is 129 cm³/mol. The molecule has 0 radical (unpaired) electrons. The molecule has 1 aliphatic carbocycles. The molecule has 0 bridgehead atoms. The first-order valence-corrected chi connectivity index (χ1v) is 12.7. The summed E-state index contributed by atoms with van der Waals surface area (Å²) in [6, 6.07) is 11.5. The number of halogens is 2. The molecule has 1 N–H and O–H groups in total. The van der Waals surface area contributed by atoms with Crippen LogP contribution < -0.4 is 9.46 Å². The lowest BCUT2D eigenvalue weighted by Crippen LogP contribution is -2.56. The molecule has 1 aliphatic heterocycles. The van der Waals surface area contributed by atoms with Gasteiger partial charge in [-0.3, -0.25) is 9.52 Å². The average Bonchev–Trinajstić information content (AvgIpc) is 2.77. The highest BCUT2D eigenvalue weighted by Crippen LogP contribution is 2.49. The van der Waals surface area contributed by atoms with Gasteiger partial charge in [-0.25, -0.2) is 0 Å². The second kappa shape index (κ2) is 9.62. The van der Waals surface area contributed by atoms with Gasteiger partial charge in [-0.15, -0.1) is 0 Å². The van der Waals surface area contributed by atoms with Gasteiger partial charge in [0.25, 0.3) is 5.91 Å². The Morgan fingerprint density at radius 1 is 1.16 bits per heavy atom. The van der Waals surface area contributed by atoms with Gasteiger partial charge in [0.2, 0.25) is 0 Å². The third-order valence-electron chi connectivity index (χ3n) is 6.62. The number of methoxy groups -OCH3 is 1. The smallest absolute Gasteiger partial charge is 0.255 e. The molecule has 31 heavy (non-hydrogen) atoms. The van der Waals surface area contributed by atoms with Crippen molar-refractivity contribution >= 4 is 41.1 Å². The molecular formula is C24H28Cl2N2O2S. The van der Waals surface area contributed by atoms with E-state index in [2.05, 4.69) is 16.5 Å². The summed E-state index contributed by atoms with van der Waals surface area (Å²) in [7, 11) is 1.66. The molecular weight excluding hydrogens is 451 g/mol. The summed E-state index contributed by atoms with van der Waals surface area (Å²) in [6.07, 6.45) is 6.35. The lowest BCUT2D eigenvalue weighted by atomic mass is 9.77. The molecule has 4 rings (SSSR count). The number of carbonyl (C=O) groups is 1. The fraction of sp³-hybridized carbons (Fsp3) is 0.458. The molecule has 166 valence electrons. The second-order valence-electron chi connectivity index (χ2n) is 8.31. The Kier molecular flexibility index (Phi) is 7.07. The van der Waals surface area contributed by atoms with Crippen molar-refractivity contribution < 1.29 is 9.53 Å². The van der Waals surface area contributed by atoms with Gasteiger partial charge in [0.05, 0.1) is 13.2 Å². The van der Waals surface area contributed by atoms with E-state index in [1.165, 1.54) is 6.42 Å². The van der Waals surface area contributed by atoms with Crippen molar-refractivity contribution in [2.45, 2.75) is 56.7 Å². The largest absolute Gasteiger partial charge is 0.496 e. The van der Waals surface area contributed by atoms with Crippen molar-refractivity contribution in [2.75, 3.05) is 13.4 Å². The predicted octanol–water partition coefficient (Wildman–Crippen LogP) is 6.48. The van der Waals surface area contributed by atoms with E-state index in [4.69, 9.17) is 27.9 Å². The van der Waals surface area contributed by atoms with Gasteiger partial charge in [-0.05, 0) is 48.9 Å². The molecule has 7 heteroatoms. The summed E-state index contributed by atoms with van der Waals surface area (Å²) in [6.45, 7) is 2.16. The molecule has 2 aliphatic rings. The van der Waals surface area contributed by atoms with Crippen molar-refractivity contribution in [3.63, 3.8) is 0 Å². The zero-order valence-corrected chi connectivity index (χ0v) is 20.4. The van der Waals surface area contributed by atoms with E-state index in [9.17, 15) is 4.79 Å². The summed E-state index contributed by atoms with van der Waals surface area (Å²) in [5, 5.41) is 1.18. The normalized spacial score (nSPS) is 26.0. The number of nitrogens with zero attached hydrogens (tertiary/aromatic N) is 1. The summed E-state index contributed by atoms with van der Waals surface area (Å²) in [4.78, 5) is 16.1. The fourth-order valence-corrected chi connectivity index (χ4v) is 6.39. The van der Waals surface area contributed by atoms with E-state index in [0.29, 0.717) is 10.0 Å². The highest BCUT2D eigenvalue weighted by molar-refractivity contribution is 7.96. The van der Waals surface area contributed by atoms with Crippen LogP contribution in [0.25, 0.3) is 0 Å². The maximum Gasteiger partial charge on any atom is 0.255 e.